The topological polar surface area (TPSA) is 46.5 Å². The quantitative estimate of drug-likeness (QED) is 0.485. The molecule has 0 fully saturated rings. The fraction of sp³-hybridized carbons (Fsp3) is 0.0455. The number of Topliss-reactive ketones (excluding diaryl/α,β-unsaturated/α-hetero) is 2. The van der Waals surface area contributed by atoms with E-state index < -0.39 is 5.92 Å². The minimum absolute atomic E-state index is 0.158. The highest BCUT2D eigenvalue weighted by Gasteiger charge is 2.35. The third-order valence-corrected chi connectivity index (χ3v) is 4.32. The average Bonchev–Trinajstić information content (AvgIpc) is 2.69. The maximum Gasteiger partial charge on any atom is 0.198 e. The molecule has 0 N–H and O–H groups in total. The van der Waals surface area contributed by atoms with Gasteiger partial charge in [0.25, 0.3) is 0 Å². The number of carbonyl (C=O) groups excluding carboxylic acids is 2. The minimum Gasteiger partial charge on any atom is -0.293 e. The number of ketones is 2. The molecule has 3 nitrogen and oxygen atoms in total. The summed E-state index contributed by atoms with van der Waals surface area (Å²) < 4.78 is 0. The Morgan fingerprint density at radius 1 is 0.880 bits per heavy atom. The molecule has 25 heavy (non-hydrogen) atoms. The Bertz CT molecular complexity index is 964. The van der Waals surface area contributed by atoms with Crippen LogP contribution in [0.25, 0.3) is 5.70 Å². The monoisotopic (exact) mass is 327 g/mol. The molecule has 0 spiro atoms. The molecule has 2 aliphatic rings. The van der Waals surface area contributed by atoms with E-state index in [9.17, 15) is 9.59 Å². The summed E-state index contributed by atoms with van der Waals surface area (Å²) in [7, 11) is 0. The van der Waals surface area contributed by atoms with Gasteiger partial charge in [0.15, 0.2) is 11.6 Å². The van der Waals surface area contributed by atoms with Crippen molar-refractivity contribution < 1.29 is 9.59 Å². The lowest BCUT2D eigenvalue weighted by molar-refractivity contribution is -0.116. The van der Waals surface area contributed by atoms with E-state index in [2.05, 4.69) is 4.99 Å². The smallest absolute Gasteiger partial charge is 0.198 e. The molecule has 0 bridgehead atoms. The van der Waals surface area contributed by atoms with Crippen molar-refractivity contribution in [2.45, 2.75) is 0 Å². The second kappa shape index (κ2) is 6.29. The predicted octanol–water partition coefficient (Wildman–Crippen LogP) is 4.05. The highest BCUT2D eigenvalue weighted by Crippen LogP contribution is 2.32. The number of benzene rings is 2. The van der Waals surface area contributed by atoms with Crippen LogP contribution >= 0.6 is 0 Å². The first-order chi connectivity index (χ1) is 12.3. The highest BCUT2D eigenvalue weighted by atomic mass is 16.2. The fourth-order valence-corrected chi connectivity index (χ4v) is 3.08. The first-order valence-electron chi connectivity index (χ1n) is 8.13. The Hall–Kier alpha value is -3.33. The summed E-state index contributed by atoms with van der Waals surface area (Å²) in [4.78, 5) is 30.9. The standard InChI is InChI=1S/C22H15NO2/c24-21(16-11-5-2-6-12-16)19-20(15-9-3-1-4-10-15)23-18-14-8-7-13-17(18)22(19)25/h1-14,17H/i21+1,22+1. The van der Waals surface area contributed by atoms with Crippen molar-refractivity contribution in [1.29, 1.82) is 0 Å². The van der Waals surface area contributed by atoms with Crippen molar-refractivity contribution in [1.82, 2.24) is 0 Å². The van der Waals surface area contributed by atoms with Gasteiger partial charge in [0.1, 0.15) is 0 Å². The van der Waals surface area contributed by atoms with E-state index in [1.165, 1.54) is 0 Å². The molecule has 1 heterocycles. The number of hydrogen-bond acceptors (Lipinski definition) is 3. The molecule has 4 rings (SSSR count). The van der Waals surface area contributed by atoms with Gasteiger partial charge in [-0.3, -0.25) is 14.6 Å². The molecule has 1 aliphatic carbocycles. The van der Waals surface area contributed by atoms with Gasteiger partial charge in [-0.05, 0) is 6.08 Å². The van der Waals surface area contributed by atoms with Crippen molar-refractivity contribution in [2.24, 2.45) is 10.9 Å². The van der Waals surface area contributed by atoms with Crippen molar-refractivity contribution >= 4 is 23.0 Å². The molecule has 0 radical (unpaired) electrons. The summed E-state index contributed by atoms with van der Waals surface area (Å²) in [6.07, 6.45) is 7.30. The Morgan fingerprint density at radius 2 is 1.56 bits per heavy atom. The number of hydrogen-bond donors (Lipinski definition) is 0. The van der Waals surface area contributed by atoms with Crippen LogP contribution < -0.4 is 0 Å². The van der Waals surface area contributed by atoms with Crippen LogP contribution in [0.1, 0.15) is 15.9 Å². The molecular weight excluding hydrogens is 312 g/mol. The molecular formula is C22H15NO2. The van der Waals surface area contributed by atoms with Crippen LogP contribution in [0.2, 0.25) is 0 Å². The van der Waals surface area contributed by atoms with Crippen LogP contribution in [0.15, 0.2) is 95.5 Å². The van der Waals surface area contributed by atoms with Crippen molar-refractivity contribution in [2.75, 3.05) is 0 Å². The van der Waals surface area contributed by atoms with E-state index in [1.807, 2.05) is 54.6 Å². The number of carbonyl (C=O) groups is 2. The molecule has 2 aromatic carbocycles. The Morgan fingerprint density at radius 3 is 2.28 bits per heavy atom. The number of nitrogens with zero attached hydrogens (tertiary/aromatic N) is 1. The summed E-state index contributed by atoms with van der Waals surface area (Å²) in [5, 5.41) is 0. The largest absolute Gasteiger partial charge is 0.293 e. The summed E-state index contributed by atoms with van der Waals surface area (Å²) >= 11 is 0. The van der Waals surface area contributed by atoms with Gasteiger partial charge >= 0.3 is 0 Å². The van der Waals surface area contributed by atoms with Gasteiger partial charge in [-0.25, -0.2) is 0 Å². The Kier molecular flexibility index (Phi) is 3.82. The summed E-state index contributed by atoms with van der Waals surface area (Å²) in [5.41, 5.74) is 2.55. The summed E-state index contributed by atoms with van der Waals surface area (Å²) in [6, 6.07) is 18.3. The van der Waals surface area contributed by atoms with E-state index in [-0.39, 0.29) is 17.1 Å². The Balaban J connectivity index is 1.93. The van der Waals surface area contributed by atoms with Crippen LogP contribution in [-0.2, 0) is 4.79 Å². The zero-order chi connectivity index (χ0) is 17.2. The molecule has 1 aliphatic heterocycles. The third kappa shape index (κ3) is 2.70. The van der Waals surface area contributed by atoms with Crippen LogP contribution in [-0.4, -0.2) is 17.3 Å². The van der Waals surface area contributed by atoms with E-state index in [1.54, 1.807) is 30.3 Å². The van der Waals surface area contributed by atoms with Gasteiger partial charge in [0, 0.05) is 11.1 Å². The second-order valence-electron chi connectivity index (χ2n) is 5.91. The van der Waals surface area contributed by atoms with E-state index in [0.717, 1.165) is 5.56 Å². The van der Waals surface area contributed by atoms with Crippen LogP contribution in [0, 0.1) is 5.92 Å². The van der Waals surface area contributed by atoms with Crippen LogP contribution in [0.3, 0.4) is 0 Å². The SMILES string of the molecule is O=[13C](C1=C(c2ccccc2)N=C2C=CC=CC2[13C]1=O)c1ccccc1. The third-order valence-electron chi connectivity index (χ3n) is 4.32. The molecule has 0 saturated carbocycles. The maximum atomic E-state index is 13.1. The van der Waals surface area contributed by atoms with E-state index in [4.69, 9.17) is 0 Å². The highest BCUT2D eigenvalue weighted by molar-refractivity contribution is 6.37. The van der Waals surface area contributed by atoms with Crippen LogP contribution in [0.4, 0.5) is 0 Å². The second-order valence-corrected chi connectivity index (χ2v) is 5.91. The first-order valence-corrected chi connectivity index (χ1v) is 8.13. The first kappa shape index (κ1) is 15.2. The molecule has 1 unspecified atom stereocenters. The van der Waals surface area contributed by atoms with Crippen molar-refractivity contribution in [3.05, 3.63) is 102 Å². The van der Waals surface area contributed by atoms with E-state index >= 15 is 0 Å². The fourth-order valence-electron chi connectivity index (χ4n) is 3.08. The minimum atomic E-state index is -0.486. The molecule has 0 saturated heterocycles. The van der Waals surface area contributed by atoms with Gasteiger partial charge in [-0.1, -0.05) is 78.9 Å². The van der Waals surface area contributed by atoms with E-state index in [0.29, 0.717) is 17.0 Å². The average molecular weight is 327 g/mol. The zero-order valence-corrected chi connectivity index (χ0v) is 13.4. The lowest BCUT2D eigenvalue weighted by Crippen LogP contribution is -2.31. The number of allylic oxidation sites excluding steroid dienone is 5. The molecule has 120 valence electrons. The van der Waals surface area contributed by atoms with Gasteiger partial charge in [-0.15, -0.1) is 0 Å². The molecule has 3 heteroatoms. The molecule has 2 aromatic rings. The van der Waals surface area contributed by atoms with Crippen molar-refractivity contribution in [3.63, 3.8) is 0 Å². The molecule has 0 aromatic heterocycles. The number of aliphatic imine (C=N–C) groups is 1. The molecule has 1 atom stereocenters. The number of fused-ring (bicyclic) bond motifs is 1. The zero-order valence-electron chi connectivity index (χ0n) is 13.4. The lowest BCUT2D eigenvalue weighted by atomic mass is 9.97. The van der Waals surface area contributed by atoms with Crippen molar-refractivity contribution in [3.8, 4) is 0 Å². The van der Waals surface area contributed by atoms with Crippen LogP contribution in [0.5, 0.6) is 0 Å². The van der Waals surface area contributed by atoms with Gasteiger partial charge in [-0.2, -0.15) is 0 Å². The summed E-state index contributed by atoms with van der Waals surface area (Å²) in [5.74, 6) is -0.964. The Labute approximate surface area is 145 Å². The lowest BCUT2D eigenvalue weighted by Gasteiger charge is -2.23. The number of rotatable bonds is 3. The maximum absolute atomic E-state index is 13.1. The van der Waals surface area contributed by atoms with Gasteiger partial charge < -0.3 is 0 Å². The molecule has 0 amide bonds. The predicted molar refractivity (Wildman–Crippen MR) is 98.3 cm³/mol. The normalized spacial score (nSPS) is 18.8. The summed E-state index contributed by atoms with van der Waals surface area (Å²) in [6.45, 7) is 0. The van der Waals surface area contributed by atoms with Gasteiger partial charge in [0.05, 0.1) is 22.9 Å². The van der Waals surface area contributed by atoms with Gasteiger partial charge in [0.2, 0.25) is 0 Å².